The third-order valence-corrected chi connectivity index (χ3v) is 1.91. The van der Waals surface area contributed by atoms with Crippen LogP contribution in [-0.4, -0.2) is 0 Å². The molecule has 0 aromatic heterocycles. The number of anilines is 1. The molecule has 0 aliphatic rings. The second-order valence-electron chi connectivity index (χ2n) is 2.24. The van der Waals surface area contributed by atoms with Crippen LogP contribution in [0.25, 0.3) is 0 Å². The van der Waals surface area contributed by atoms with E-state index in [4.69, 9.17) is 0 Å². The summed E-state index contributed by atoms with van der Waals surface area (Å²) < 4.78 is 2.95. The predicted octanol–water partition coefficient (Wildman–Crippen LogP) is 3.14. The molecule has 0 amide bonds. The number of hydrogen-bond donors (Lipinski definition) is 1. The van der Waals surface area contributed by atoms with E-state index in [-0.39, 0.29) is 0 Å². The summed E-state index contributed by atoms with van der Waals surface area (Å²) in [5.41, 5.74) is 2.35. The van der Waals surface area contributed by atoms with Crippen molar-refractivity contribution in [1.29, 1.82) is 0 Å². The fourth-order valence-corrected chi connectivity index (χ4v) is 1.33. The molecule has 0 atom stereocenters. The first kappa shape index (κ1) is 8.34. The molecule has 2 heteroatoms. The Morgan fingerprint density at radius 2 is 2.18 bits per heavy atom. The molecular weight excluding hydrogens is 202 g/mol. The van der Waals surface area contributed by atoms with E-state index < -0.39 is 0 Å². The lowest BCUT2D eigenvalue weighted by Crippen LogP contribution is -1.87. The van der Waals surface area contributed by atoms with Crippen molar-refractivity contribution in [2.24, 2.45) is 0 Å². The van der Waals surface area contributed by atoms with Crippen molar-refractivity contribution >= 4 is 21.8 Å². The number of para-hydroxylation sites is 1. The van der Waals surface area contributed by atoms with Crippen LogP contribution in [0, 0.1) is 0 Å². The first-order valence-corrected chi connectivity index (χ1v) is 4.23. The topological polar surface area (TPSA) is 12.0 Å². The number of rotatable bonds is 3. The molecule has 0 aliphatic heterocycles. The van der Waals surface area contributed by atoms with E-state index >= 15 is 0 Å². The van der Waals surface area contributed by atoms with Gasteiger partial charge in [0, 0.05) is 21.8 Å². The second kappa shape index (κ2) is 4.19. The van der Waals surface area contributed by atoms with Gasteiger partial charge in [0.05, 0.1) is 0 Å². The third-order valence-electron chi connectivity index (χ3n) is 1.48. The lowest BCUT2D eigenvalue weighted by molar-refractivity contribution is 1.28. The lowest BCUT2D eigenvalue weighted by atomic mass is 10.1. The number of halogens is 1. The van der Waals surface area contributed by atoms with Crippen LogP contribution < -0.4 is 4.34 Å². The highest BCUT2D eigenvalue weighted by Crippen LogP contribution is 2.16. The molecule has 0 fully saturated rings. The van der Waals surface area contributed by atoms with Gasteiger partial charge in [-0.25, -0.2) is 0 Å². The summed E-state index contributed by atoms with van der Waals surface area (Å²) in [6, 6.07) is 8.11. The molecule has 58 valence electrons. The molecule has 1 aromatic rings. The molecule has 0 heterocycles. The molecule has 0 aliphatic carbocycles. The van der Waals surface area contributed by atoms with Crippen molar-refractivity contribution < 1.29 is 0 Å². The van der Waals surface area contributed by atoms with Crippen LogP contribution in [0.2, 0.25) is 0 Å². The van der Waals surface area contributed by atoms with Crippen LogP contribution in [0.4, 0.5) is 5.69 Å². The number of benzene rings is 1. The van der Waals surface area contributed by atoms with Crippen LogP contribution in [-0.2, 0) is 6.42 Å². The summed E-state index contributed by atoms with van der Waals surface area (Å²) in [6.07, 6.45) is 2.79. The van der Waals surface area contributed by atoms with Crippen LogP contribution in [0.15, 0.2) is 36.9 Å². The van der Waals surface area contributed by atoms with Crippen LogP contribution >= 0.6 is 16.1 Å². The second-order valence-corrected chi connectivity index (χ2v) is 2.64. The minimum atomic E-state index is 0.898. The maximum absolute atomic E-state index is 3.69. The zero-order chi connectivity index (χ0) is 8.10. The molecule has 0 saturated heterocycles. The van der Waals surface area contributed by atoms with Crippen LogP contribution in [0.5, 0.6) is 0 Å². The first-order chi connectivity index (χ1) is 5.38. The van der Waals surface area contributed by atoms with Gasteiger partial charge in [0.15, 0.2) is 0 Å². The van der Waals surface area contributed by atoms with E-state index in [0.717, 1.165) is 12.1 Å². The summed E-state index contributed by atoms with van der Waals surface area (Å²) >= 11 is 3.19. The van der Waals surface area contributed by atoms with E-state index in [1.807, 2.05) is 24.3 Å². The highest BCUT2D eigenvalue weighted by atomic mass is 79.9. The molecule has 0 saturated carbocycles. The van der Waals surface area contributed by atoms with Crippen molar-refractivity contribution in [1.82, 2.24) is 0 Å². The first-order valence-electron chi connectivity index (χ1n) is 3.44. The van der Waals surface area contributed by atoms with Gasteiger partial charge in [0.1, 0.15) is 0 Å². The van der Waals surface area contributed by atoms with Gasteiger partial charge in [-0.15, -0.1) is 6.58 Å². The fourth-order valence-electron chi connectivity index (χ4n) is 0.946. The zero-order valence-electron chi connectivity index (χ0n) is 6.18. The molecule has 1 rings (SSSR count). The van der Waals surface area contributed by atoms with Crippen molar-refractivity contribution in [3.8, 4) is 0 Å². The Kier molecular flexibility index (Phi) is 3.17. The summed E-state index contributed by atoms with van der Waals surface area (Å²) in [5, 5.41) is 0. The van der Waals surface area contributed by atoms with E-state index in [1.165, 1.54) is 5.56 Å². The Balaban J connectivity index is 2.92. The molecule has 1 nitrogen and oxygen atoms in total. The maximum atomic E-state index is 3.69. The van der Waals surface area contributed by atoms with Crippen molar-refractivity contribution in [2.45, 2.75) is 6.42 Å². The van der Waals surface area contributed by atoms with Gasteiger partial charge >= 0.3 is 0 Å². The Bertz CT molecular complexity index is 245. The monoisotopic (exact) mass is 211 g/mol. The van der Waals surface area contributed by atoms with Gasteiger partial charge in [0.2, 0.25) is 0 Å². The Hall–Kier alpha value is -0.760. The molecule has 1 aromatic carbocycles. The predicted molar refractivity (Wildman–Crippen MR) is 52.9 cm³/mol. The van der Waals surface area contributed by atoms with Gasteiger partial charge in [-0.2, -0.15) is 0 Å². The lowest BCUT2D eigenvalue weighted by Gasteiger charge is -2.03. The molecule has 0 unspecified atom stereocenters. The molecule has 0 spiro atoms. The number of hydrogen-bond acceptors (Lipinski definition) is 1. The fraction of sp³-hybridized carbons (Fsp3) is 0.111. The SMILES string of the molecule is C=CCc1ccccc1NBr. The number of nitrogens with one attached hydrogen (secondary N) is 1. The number of allylic oxidation sites excluding steroid dienone is 1. The van der Waals surface area contributed by atoms with Gasteiger partial charge in [0.25, 0.3) is 0 Å². The van der Waals surface area contributed by atoms with Crippen LogP contribution in [0.1, 0.15) is 5.56 Å². The van der Waals surface area contributed by atoms with Crippen molar-refractivity contribution in [2.75, 3.05) is 4.34 Å². The average Bonchev–Trinajstić information content (AvgIpc) is 2.06. The largest absolute Gasteiger partial charge is 0.322 e. The van der Waals surface area contributed by atoms with Crippen molar-refractivity contribution in [3.63, 3.8) is 0 Å². The quantitative estimate of drug-likeness (QED) is 0.599. The molecule has 0 bridgehead atoms. The van der Waals surface area contributed by atoms with Gasteiger partial charge in [-0.1, -0.05) is 24.3 Å². The van der Waals surface area contributed by atoms with Gasteiger partial charge < -0.3 is 4.34 Å². The summed E-state index contributed by atoms with van der Waals surface area (Å²) in [5.74, 6) is 0. The normalized spacial score (nSPS) is 9.18. The highest BCUT2D eigenvalue weighted by molar-refractivity contribution is 9.10. The zero-order valence-corrected chi connectivity index (χ0v) is 7.76. The van der Waals surface area contributed by atoms with Crippen molar-refractivity contribution in [3.05, 3.63) is 42.5 Å². The summed E-state index contributed by atoms with van der Waals surface area (Å²) in [4.78, 5) is 0. The highest BCUT2D eigenvalue weighted by Gasteiger charge is 1.95. The maximum Gasteiger partial charge on any atom is 0.0476 e. The summed E-state index contributed by atoms with van der Waals surface area (Å²) in [6.45, 7) is 3.69. The Morgan fingerprint density at radius 1 is 1.45 bits per heavy atom. The van der Waals surface area contributed by atoms with E-state index in [2.05, 4.69) is 33.1 Å². The van der Waals surface area contributed by atoms with Crippen LogP contribution in [0.3, 0.4) is 0 Å². The summed E-state index contributed by atoms with van der Waals surface area (Å²) in [7, 11) is 0. The average molecular weight is 212 g/mol. The molecule has 1 N–H and O–H groups in total. The Labute approximate surface area is 75.5 Å². The minimum absolute atomic E-state index is 0.898. The molecule has 11 heavy (non-hydrogen) atoms. The minimum Gasteiger partial charge on any atom is -0.322 e. The van der Waals surface area contributed by atoms with Gasteiger partial charge in [-0.3, -0.25) is 0 Å². The molecule has 0 radical (unpaired) electrons. The third kappa shape index (κ3) is 2.09. The van der Waals surface area contributed by atoms with E-state index in [1.54, 1.807) is 0 Å². The standard InChI is InChI=1S/C9H10BrN/c1-2-5-8-6-3-4-7-9(8)11-10/h2-4,6-7,11H,1,5H2. The molecular formula is C9H10BrN. The van der Waals surface area contributed by atoms with Gasteiger partial charge in [-0.05, 0) is 18.1 Å². The smallest absolute Gasteiger partial charge is 0.0476 e. The van der Waals surface area contributed by atoms with E-state index in [0.29, 0.717) is 0 Å². The van der Waals surface area contributed by atoms with E-state index in [9.17, 15) is 0 Å². The Morgan fingerprint density at radius 3 is 2.82 bits per heavy atom.